The van der Waals surface area contributed by atoms with Crippen LogP contribution >= 0.6 is 0 Å². The van der Waals surface area contributed by atoms with E-state index in [2.05, 4.69) is 25.9 Å². The van der Waals surface area contributed by atoms with Crippen LogP contribution in [0.25, 0.3) is 5.69 Å². The van der Waals surface area contributed by atoms with Crippen molar-refractivity contribution < 1.29 is 0 Å². The third-order valence-corrected chi connectivity index (χ3v) is 3.96. The van der Waals surface area contributed by atoms with Crippen LogP contribution in [-0.2, 0) is 0 Å². The van der Waals surface area contributed by atoms with Crippen molar-refractivity contribution in [2.45, 2.75) is 31.2 Å². The summed E-state index contributed by atoms with van der Waals surface area (Å²) in [6.07, 6.45) is 11.5. The van der Waals surface area contributed by atoms with E-state index in [4.69, 9.17) is 0 Å². The average molecular weight is 226 g/mol. The summed E-state index contributed by atoms with van der Waals surface area (Å²) in [6.45, 7) is 0. The smallest absolute Gasteiger partial charge is 0.0995 e. The van der Waals surface area contributed by atoms with Gasteiger partial charge in [0.2, 0.25) is 0 Å². The molecule has 4 heteroatoms. The average Bonchev–Trinajstić information content (AvgIpc) is 2.96. The molecule has 4 rings (SSSR count). The highest BCUT2D eigenvalue weighted by atomic mass is 15.1. The molecule has 2 aromatic heterocycles. The Kier molecular flexibility index (Phi) is 1.80. The van der Waals surface area contributed by atoms with E-state index in [1.165, 1.54) is 30.6 Å². The zero-order chi connectivity index (χ0) is 11.2. The van der Waals surface area contributed by atoms with E-state index in [-0.39, 0.29) is 0 Å². The number of pyridine rings is 1. The molecule has 3 heterocycles. The Morgan fingerprint density at radius 1 is 1.24 bits per heavy atom. The lowest BCUT2D eigenvalue weighted by molar-refractivity contribution is 0.632. The maximum absolute atomic E-state index is 4.31. The first-order valence-electron chi connectivity index (χ1n) is 6.16. The molecule has 4 nitrogen and oxygen atoms in total. The fraction of sp³-hybridized carbons (Fsp3) is 0.385. The molecule has 86 valence electrons. The van der Waals surface area contributed by atoms with Gasteiger partial charge in [-0.25, -0.2) is 4.98 Å². The Labute approximate surface area is 99.7 Å². The minimum absolute atomic E-state index is 0.550. The van der Waals surface area contributed by atoms with Crippen LogP contribution in [0.5, 0.6) is 0 Å². The van der Waals surface area contributed by atoms with E-state index in [9.17, 15) is 0 Å². The largest absolute Gasteiger partial charge is 0.380 e. The summed E-state index contributed by atoms with van der Waals surface area (Å²) in [5.74, 6) is 0.588. The van der Waals surface area contributed by atoms with Crippen molar-refractivity contribution in [1.82, 2.24) is 14.5 Å². The Morgan fingerprint density at radius 2 is 2.24 bits per heavy atom. The monoisotopic (exact) mass is 226 g/mol. The summed E-state index contributed by atoms with van der Waals surface area (Å²) < 4.78 is 2.19. The molecule has 17 heavy (non-hydrogen) atoms. The number of nitrogens with zero attached hydrogens (tertiary/aromatic N) is 3. The maximum Gasteiger partial charge on any atom is 0.0995 e. The van der Waals surface area contributed by atoms with Crippen LogP contribution in [0.15, 0.2) is 31.0 Å². The van der Waals surface area contributed by atoms with Gasteiger partial charge in [-0.15, -0.1) is 0 Å². The van der Waals surface area contributed by atoms with Gasteiger partial charge in [0.05, 0.1) is 23.9 Å². The van der Waals surface area contributed by atoms with Gasteiger partial charge in [-0.3, -0.25) is 9.55 Å². The maximum atomic E-state index is 4.31. The molecule has 0 radical (unpaired) electrons. The molecular formula is C13H14N4. The molecule has 2 aliphatic rings. The summed E-state index contributed by atoms with van der Waals surface area (Å²) in [5, 5.41) is 3.67. The molecular weight excluding hydrogens is 212 g/mol. The molecule has 0 spiro atoms. The van der Waals surface area contributed by atoms with E-state index in [0.29, 0.717) is 12.0 Å². The highest BCUT2D eigenvalue weighted by molar-refractivity contribution is 5.62. The van der Waals surface area contributed by atoms with Crippen LogP contribution in [0.2, 0.25) is 0 Å². The van der Waals surface area contributed by atoms with E-state index in [1.54, 1.807) is 0 Å². The summed E-state index contributed by atoms with van der Waals surface area (Å²) >= 11 is 0. The lowest BCUT2D eigenvalue weighted by Gasteiger charge is -2.18. The van der Waals surface area contributed by atoms with Crippen LogP contribution in [0.4, 0.5) is 5.69 Å². The van der Waals surface area contributed by atoms with E-state index in [0.717, 1.165) is 5.69 Å². The standard InChI is InChI=1S/C13H14N4/c1-2-9-10(3-1)16-11-4-5-14-7-13(11)17-8-15-6-12(9)17/h4-10,16H,1-3H2. The van der Waals surface area contributed by atoms with Gasteiger partial charge >= 0.3 is 0 Å². The van der Waals surface area contributed by atoms with Crippen molar-refractivity contribution in [1.29, 1.82) is 0 Å². The molecule has 1 fully saturated rings. The molecule has 1 aliphatic carbocycles. The van der Waals surface area contributed by atoms with Crippen molar-refractivity contribution >= 4 is 5.69 Å². The predicted octanol–water partition coefficient (Wildman–Crippen LogP) is 2.33. The number of anilines is 1. The number of fused-ring (bicyclic) bond motifs is 5. The highest BCUT2D eigenvalue weighted by Crippen LogP contribution is 2.40. The van der Waals surface area contributed by atoms with Crippen LogP contribution in [0.1, 0.15) is 30.9 Å². The van der Waals surface area contributed by atoms with Gasteiger partial charge in [0.1, 0.15) is 0 Å². The van der Waals surface area contributed by atoms with Gasteiger partial charge < -0.3 is 5.32 Å². The molecule has 0 bridgehead atoms. The number of nitrogens with one attached hydrogen (secondary N) is 1. The van der Waals surface area contributed by atoms with Crippen molar-refractivity contribution in [3.8, 4) is 5.69 Å². The highest BCUT2D eigenvalue weighted by Gasteiger charge is 2.33. The van der Waals surface area contributed by atoms with Gasteiger partial charge in [-0.05, 0) is 18.9 Å². The number of rotatable bonds is 0. The molecule has 1 saturated carbocycles. The fourth-order valence-corrected chi connectivity index (χ4v) is 3.17. The number of hydrogen-bond acceptors (Lipinski definition) is 3. The SMILES string of the molecule is c1cc2c(cn1)-n1cncc1C1CCCC1N2. The molecule has 2 unspecified atom stereocenters. The molecule has 0 aromatic carbocycles. The van der Waals surface area contributed by atoms with Crippen molar-refractivity contribution in [2.24, 2.45) is 0 Å². The lowest BCUT2D eigenvalue weighted by atomic mass is 10.0. The Morgan fingerprint density at radius 3 is 3.24 bits per heavy atom. The second-order valence-electron chi connectivity index (χ2n) is 4.87. The molecule has 1 N–H and O–H groups in total. The minimum atomic E-state index is 0.550. The lowest BCUT2D eigenvalue weighted by Crippen LogP contribution is -2.21. The van der Waals surface area contributed by atoms with Gasteiger partial charge in [-0.1, -0.05) is 6.42 Å². The molecule has 2 atom stereocenters. The number of imidazole rings is 1. The first-order chi connectivity index (χ1) is 8.43. The summed E-state index contributed by atoms with van der Waals surface area (Å²) in [5.41, 5.74) is 3.62. The summed E-state index contributed by atoms with van der Waals surface area (Å²) in [6, 6.07) is 2.61. The van der Waals surface area contributed by atoms with E-state index in [1.807, 2.05) is 24.9 Å². The molecule has 0 amide bonds. The van der Waals surface area contributed by atoms with Crippen LogP contribution < -0.4 is 5.32 Å². The minimum Gasteiger partial charge on any atom is -0.380 e. The second kappa shape index (κ2) is 3.32. The normalized spacial score (nSPS) is 25.4. The summed E-state index contributed by atoms with van der Waals surface area (Å²) in [4.78, 5) is 8.54. The first-order valence-corrected chi connectivity index (χ1v) is 6.16. The van der Waals surface area contributed by atoms with Crippen LogP contribution in [-0.4, -0.2) is 20.6 Å². The van der Waals surface area contributed by atoms with Gasteiger partial charge in [0.15, 0.2) is 0 Å². The number of aromatic nitrogens is 3. The van der Waals surface area contributed by atoms with E-state index >= 15 is 0 Å². The van der Waals surface area contributed by atoms with Crippen molar-refractivity contribution in [2.75, 3.05) is 5.32 Å². The Balaban J connectivity index is 1.97. The first kappa shape index (κ1) is 9.22. The molecule has 0 saturated heterocycles. The molecule has 1 aliphatic heterocycles. The quantitative estimate of drug-likeness (QED) is 0.749. The fourth-order valence-electron chi connectivity index (χ4n) is 3.17. The predicted molar refractivity (Wildman–Crippen MR) is 65.4 cm³/mol. The van der Waals surface area contributed by atoms with E-state index < -0.39 is 0 Å². The third-order valence-electron chi connectivity index (χ3n) is 3.96. The van der Waals surface area contributed by atoms with Crippen molar-refractivity contribution in [3.05, 3.63) is 36.7 Å². The Bertz CT molecular complexity index is 560. The number of hydrogen-bond donors (Lipinski definition) is 1. The second-order valence-corrected chi connectivity index (χ2v) is 4.87. The Hall–Kier alpha value is -1.84. The van der Waals surface area contributed by atoms with Crippen molar-refractivity contribution in [3.63, 3.8) is 0 Å². The topological polar surface area (TPSA) is 42.7 Å². The van der Waals surface area contributed by atoms with Gasteiger partial charge in [-0.2, -0.15) is 0 Å². The molecule has 2 aromatic rings. The third kappa shape index (κ3) is 1.24. The zero-order valence-corrected chi connectivity index (χ0v) is 9.50. The van der Waals surface area contributed by atoms with Gasteiger partial charge in [0, 0.05) is 30.0 Å². The van der Waals surface area contributed by atoms with Crippen LogP contribution in [0, 0.1) is 0 Å². The summed E-state index contributed by atoms with van der Waals surface area (Å²) in [7, 11) is 0. The van der Waals surface area contributed by atoms with Gasteiger partial charge in [0.25, 0.3) is 0 Å². The van der Waals surface area contributed by atoms with Crippen LogP contribution in [0.3, 0.4) is 0 Å². The zero-order valence-electron chi connectivity index (χ0n) is 9.50.